The molecule has 1 heterocycles. The van der Waals surface area contributed by atoms with Crippen molar-refractivity contribution in [2.75, 3.05) is 39.5 Å². The minimum absolute atomic E-state index is 0.338. The fourth-order valence-corrected chi connectivity index (χ4v) is 4.16. The van der Waals surface area contributed by atoms with E-state index in [1.165, 1.54) is 64.2 Å². The van der Waals surface area contributed by atoms with Gasteiger partial charge in [-0.25, -0.2) is 27.4 Å². The van der Waals surface area contributed by atoms with Crippen LogP contribution in [0.25, 0.3) is 5.53 Å². The lowest BCUT2D eigenvalue weighted by atomic mass is 10.0. The van der Waals surface area contributed by atoms with Gasteiger partial charge in [-0.1, -0.05) is 78.1 Å². The highest BCUT2D eigenvalue weighted by Crippen LogP contribution is 2.37. The topological polar surface area (TPSA) is 413 Å². The van der Waals surface area contributed by atoms with Crippen molar-refractivity contribution in [1.82, 2.24) is 4.90 Å². The maximum Gasteiger partial charge on any atom is 0.507 e. The van der Waals surface area contributed by atoms with E-state index in [4.69, 9.17) is 100 Å². The van der Waals surface area contributed by atoms with Crippen LogP contribution in [0.3, 0.4) is 0 Å². The van der Waals surface area contributed by atoms with E-state index in [2.05, 4.69) is 29.6 Å². The van der Waals surface area contributed by atoms with Crippen LogP contribution in [0.5, 0.6) is 0 Å². The van der Waals surface area contributed by atoms with Crippen molar-refractivity contribution in [3.8, 4) is 0 Å². The van der Waals surface area contributed by atoms with E-state index in [1.54, 1.807) is 0 Å². The van der Waals surface area contributed by atoms with Crippen molar-refractivity contribution >= 4 is 53.2 Å². The Kier molecular flexibility index (Phi) is 42.9. The van der Waals surface area contributed by atoms with E-state index in [0.717, 1.165) is 37.4 Å². The Morgan fingerprint density at radius 1 is 0.597 bits per heavy atom. The van der Waals surface area contributed by atoms with Gasteiger partial charge in [0.15, 0.2) is 6.10 Å². The first-order valence-corrected chi connectivity index (χ1v) is 26.6. The van der Waals surface area contributed by atoms with Gasteiger partial charge in [0, 0.05) is 19.7 Å². The molecule has 1 fully saturated rings. The van der Waals surface area contributed by atoms with Gasteiger partial charge < -0.3 is 24.6 Å². The SMILES string of the molecule is CCCCCCCCOC1=CC(=[N+]=[N-])C(OCCCCCCCC)C=C1N1CCOCC1.O=P(O)(O)F.O=P(O)(O)F.O=P(O)(O)F.O=P(O)(O)F.O=P(O)(O)F.O=P(O)(O)F. The summed E-state index contributed by atoms with van der Waals surface area (Å²) >= 11 is 0. The summed E-state index contributed by atoms with van der Waals surface area (Å²) in [7, 11) is -30.8. The lowest BCUT2D eigenvalue weighted by Crippen LogP contribution is -2.39. The van der Waals surface area contributed by atoms with Gasteiger partial charge in [0.2, 0.25) is 0 Å². The molecule has 24 nitrogen and oxygen atoms in total. The first-order chi connectivity index (χ1) is 27.8. The summed E-state index contributed by atoms with van der Waals surface area (Å²) in [5.74, 6) is 0.785. The molecule has 0 aromatic carbocycles. The summed E-state index contributed by atoms with van der Waals surface area (Å²) in [6.45, 7) is 8.92. The molecule has 36 heteroatoms. The Labute approximate surface area is 353 Å². The Morgan fingerprint density at radius 3 is 1.23 bits per heavy atom. The molecule has 0 amide bonds. The molecule has 1 aliphatic heterocycles. The van der Waals surface area contributed by atoms with Gasteiger partial charge in [0.25, 0.3) is 0 Å². The smallest absolute Gasteiger partial charge is 0.491 e. The highest BCUT2D eigenvalue weighted by Gasteiger charge is 2.32. The van der Waals surface area contributed by atoms with Gasteiger partial charge in [0.05, 0.1) is 31.6 Å². The van der Waals surface area contributed by atoms with Crippen molar-refractivity contribution in [3.63, 3.8) is 0 Å². The van der Waals surface area contributed by atoms with E-state index < -0.39 is 47.4 Å². The zero-order chi connectivity index (χ0) is 49.9. The average Bonchev–Trinajstić information content (AvgIpc) is 3.03. The molecule has 12 N–H and O–H groups in total. The Bertz CT molecular complexity index is 1370. The fraction of sp³-hybridized carbons (Fsp3) is 0.808. The van der Waals surface area contributed by atoms with Crippen LogP contribution in [0, 0.1) is 0 Å². The van der Waals surface area contributed by atoms with Gasteiger partial charge in [-0.05, 0) is 18.9 Å². The highest BCUT2D eigenvalue weighted by atomic mass is 31.2. The van der Waals surface area contributed by atoms with Crippen LogP contribution in [-0.2, 0) is 41.6 Å². The zero-order valence-electron chi connectivity index (χ0n) is 33.3. The lowest BCUT2D eigenvalue weighted by Gasteiger charge is -2.33. The van der Waals surface area contributed by atoms with Crippen LogP contribution in [-0.4, -0.2) is 120 Å². The molecule has 0 radical (unpaired) electrons. The quantitative estimate of drug-likeness (QED) is 0.0254. The van der Waals surface area contributed by atoms with Crippen molar-refractivity contribution in [2.24, 2.45) is 0 Å². The number of rotatable bonds is 17. The van der Waals surface area contributed by atoms with Gasteiger partial charge in [-0.2, -0.15) is 4.79 Å². The lowest BCUT2D eigenvalue weighted by molar-refractivity contribution is -0.0242. The first-order valence-electron chi connectivity index (χ1n) is 17.5. The summed E-state index contributed by atoms with van der Waals surface area (Å²) in [4.78, 5) is 89.4. The minimum Gasteiger partial charge on any atom is -0.491 e. The van der Waals surface area contributed by atoms with Crippen LogP contribution in [0.4, 0.5) is 25.2 Å². The summed E-state index contributed by atoms with van der Waals surface area (Å²) in [5.41, 5.74) is 11.2. The molecule has 0 bridgehead atoms. The van der Waals surface area contributed by atoms with Gasteiger partial charge in [0.1, 0.15) is 5.76 Å². The van der Waals surface area contributed by atoms with Crippen LogP contribution >= 0.6 is 47.4 Å². The second-order valence-electron chi connectivity index (χ2n) is 11.7. The van der Waals surface area contributed by atoms with Crippen molar-refractivity contribution in [3.05, 3.63) is 29.1 Å². The second-order valence-corrected chi connectivity index (χ2v) is 17.4. The van der Waals surface area contributed by atoms with E-state index in [9.17, 15) is 30.7 Å². The molecule has 1 aliphatic carbocycles. The number of hydrogen-bond acceptors (Lipinski definition) is 10. The third-order valence-corrected chi connectivity index (χ3v) is 6.15. The van der Waals surface area contributed by atoms with Gasteiger partial charge >= 0.3 is 53.2 Å². The third-order valence-electron chi connectivity index (χ3n) is 6.15. The standard InChI is InChI=1S/C26H45N3O3.6FH2O3P/c1-3-5-7-9-11-13-17-31-25-22-24(29-15-19-30-20-16-29)26(21-23(25)28-27)32-18-14-12-10-8-6-4-2;6*1-5(2,3)4/h21-22,25H,3-20H2,1-2H3;6*(H2,2,3,4). The summed E-state index contributed by atoms with van der Waals surface area (Å²) in [5, 5.41) is 0. The van der Waals surface area contributed by atoms with Crippen LogP contribution in [0.1, 0.15) is 90.9 Å². The van der Waals surface area contributed by atoms with E-state index in [1.807, 2.05) is 6.08 Å². The number of morpholine rings is 1. The predicted molar refractivity (Wildman–Crippen MR) is 209 cm³/mol. The maximum atomic E-state index is 10.4. The zero-order valence-corrected chi connectivity index (χ0v) is 38.7. The average molecular weight is 1050 g/mol. The van der Waals surface area contributed by atoms with Crippen molar-refractivity contribution in [2.45, 2.75) is 97.0 Å². The summed E-state index contributed by atoms with van der Waals surface area (Å²) in [6, 6.07) is 0. The molecule has 2 rings (SSSR count). The molecular weight excluding hydrogens is 990 g/mol. The summed E-state index contributed by atoms with van der Waals surface area (Å²) < 4.78 is 132. The number of nitrogens with zero attached hydrogens (tertiary/aromatic N) is 3. The number of halogens is 6. The van der Waals surface area contributed by atoms with Crippen LogP contribution in [0.15, 0.2) is 23.6 Å². The summed E-state index contributed by atoms with van der Waals surface area (Å²) in [6.07, 6.45) is 18.3. The fourth-order valence-electron chi connectivity index (χ4n) is 4.16. The van der Waals surface area contributed by atoms with Gasteiger partial charge in [-0.15, -0.1) is 25.2 Å². The minimum atomic E-state index is -5.14. The molecular formula is C26H57F6N3O21P6. The van der Waals surface area contributed by atoms with Gasteiger partial charge in [-0.3, -0.25) is 58.7 Å². The van der Waals surface area contributed by atoms with E-state index in [0.29, 0.717) is 32.1 Å². The number of unbranched alkanes of at least 4 members (excludes halogenated alkanes) is 10. The molecule has 0 aromatic rings. The molecule has 0 saturated carbocycles. The first kappa shape index (κ1) is 69.9. The Morgan fingerprint density at radius 2 is 0.903 bits per heavy atom. The largest absolute Gasteiger partial charge is 0.507 e. The Balaban J connectivity index is -0.000000289. The van der Waals surface area contributed by atoms with Crippen molar-refractivity contribution < 1.29 is 130 Å². The Hall–Kier alpha value is -1.14. The monoisotopic (exact) mass is 1050 g/mol. The van der Waals surface area contributed by atoms with Crippen LogP contribution < -0.4 is 0 Å². The molecule has 1 unspecified atom stereocenters. The van der Waals surface area contributed by atoms with E-state index >= 15 is 0 Å². The normalized spacial score (nSPS) is 15.5. The molecule has 2 aliphatic rings. The molecule has 62 heavy (non-hydrogen) atoms. The predicted octanol–water partition coefficient (Wildman–Crippen LogP) is 6.19. The molecule has 1 saturated heterocycles. The molecule has 0 spiro atoms. The second kappa shape index (κ2) is 38.0. The molecule has 0 aromatic heterocycles. The molecule has 1 atom stereocenters. The van der Waals surface area contributed by atoms with Crippen LogP contribution in [0.2, 0.25) is 0 Å². The van der Waals surface area contributed by atoms with E-state index in [-0.39, 0.29) is 6.10 Å². The van der Waals surface area contributed by atoms with Crippen molar-refractivity contribution in [1.29, 1.82) is 0 Å². The third kappa shape index (κ3) is 89.7. The molecule has 374 valence electrons. The highest BCUT2D eigenvalue weighted by molar-refractivity contribution is 7.46. The number of ether oxygens (including phenoxy) is 3. The number of hydrogen-bond donors (Lipinski definition) is 12. The maximum absolute atomic E-state index is 10.4.